The molecule has 1 amide bonds. The lowest BCUT2D eigenvalue weighted by Crippen LogP contribution is -2.50. The van der Waals surface area contributed by atoms with Crippen LogP contribution in [-0.2, 0) is 4.79 Å². The Morgan fingerprint density at radius 2 is 1.74 bits per heavy atom. The number of halogens is 1. The fourth-order valence-corrected chi connectivity index (χ4v) is 3.24. The van der Waals surface area contributed by atoms with Gasteiger partial charge in [-0.15, -0.1) is 0 Å². The van der Waals surface area contributed by atoms with Crippen molar-refractivity contribution in [3.63, 3.8) is 0 Å². The molecule has 0 saturated carbocycles. The fraction of sp³-hybridized carbons (Fsp3) is 0.333. The van der Waals surface area contributed by atoms with Crippen molar-refractivity contribution >= 4 is 17.5 Å². The van der Waals surface area contributed by atoms with Gasteiger partial charge in [0.25, 0.3) is 5.91 Å². The first-order valence-corrected chi connectivity index (χ1v) is 9.31. The van der Waals surface area contributed by atoms with E-state index in [4.69, 9.17) is 16.3 Å². The van der Waals surface area contributed by atoms with E-state index in [1.54, 1.807) is 17.0 Å². The number of hydrogen-bond acceptors (Lipinski definition) is 4. The van der Waals surface area contributed by atoms with Crippen LogP contribution in [0.4, 0.5) is 0 Å². The molecule has 2 aromatic carbocycles. The van der Waals surface area contributed by atoms with Crippen molar-refractivity contribution in [2.45, 2.75) is 13.0 Å². The molecule has 1 atom stereocenters. The fourth-order valence-electron chi connectivity index (χ4n) is 3.11. The number of benzene rings is 2. The predicted octanol–water partition coefficient (Wildman–Crippen LogP) is 3.44. The summed E-state index contributed by atoms with van der Waals surface area (Å²) >= 11 is 5.93. The number of hydrogen-bond donors (Lipinski definition) is 0. The molecule has 0 aliphatic carbocycles. The second-order valence-corrected chi connectivity index (χ2v) is 7.04. The van der Waals surface area contributed by atoms with Crippen LogP contribution >= 0.6 is 11.6 Å². The SMILES string of the molecule is Cc1ccc(OCC(=O)N2CCN(C(C#N)c3ccc(Cl)cc3)CC2)cc1. The van der Waals surface area contributed by atoms with Crippen LogP contribution in [0, 0.1) is 18.3 Å². The summed E-state index contributed by atoms with van der Waals surface area (Å²) in [6.45, 7) is 4.51. The van der Waals surface area contributed by atoms with Crippen LogP contribution in [0.2, 0.25) is 5.02 Å². The average Bonchev–Trinajstić information content (AvgIpc) is 2.70. The van der Waals surface area contributed by atoms with E-state index in [1.165, 1.54) is 0 Å². The van der Waals surface area contributed by atoms with Gasteiger partial charge in [-0.05, 0) is 36.8 Å². The number of carbonyl (C=O) groups excluding carboxylic acids is 1. The maximum atomic E-state index is 12.4. The molecular formula is C21H22ClN3O2. The number of nitriles is 1. The molecule has 0 N–H and O–H groups in total. The minimum atomic E-state index is -0.330. The Bertz CT molecular complexity index is 807. The monoisotopic (exact) mass is 383 g/mol. The number of carbonyl (C=O) groups is 1. The van der Waals surface area contributed by atoms with Crippen molar-refractivity contribution < 1.29 is 9.53 Å². The largest absolute Gasteiger partial charge is 0.484 e. The zero-order chi connectivity index (χ0) is 19.2. The Hall–Kier alpha value is -2.55. The number of nitrogens with zero attached hydrogens (tertiary/aromatic N) is 3. The molecule has 0 aromatic heterocycles. The van der Waals surface area contributed by atoms with Gasteiger partial charge >= 0.3 is 0 Å². The molecular weight excluding hydrogens is 362 g/mol. The first kappa shape index (κ1) is 19.2. The third kappa shape index (κ3) is 5.00. The number of ether oxygens (including phenoxy) is 1. The van der Waals surface area contributed by atoms with Crippen molar-refractivity contribution in [2.75, 3.05) is 32.8 Å². The summed E-state index contributed by atoms with van der Waals surface area (Å²) in [6, 6.07) is 17.0. The number of amides is 1. The molecule has 2 aromatic rings. The van der Waals surface area contributed by atoms with Crippen LogP contribution < -0.4 is 4.74 Å². The molecule has 0 spiro atoms. The Labute approximate surface area is 164 Å². The lowest BCUT2D eigenvalue weighted by atomic mass is 10.1. The minimum Gasteiger partial charge on any atom is -0.484 e. The first-order chi connectivity index (χ1) is 13.1. The van der Waals surface area contributed by atoms with Crippen LogP contribution in [0.15, 0.2) is 48.5 Å². The molecule has 27 heavy (non-hydrogen) atoms. The van der Waals surface area contributed by atoms with Gasteiger partial charge in [0.1, 0.15) is 11.8 Å². The van der Waals surface area contributed by atoms with Crippen molar-refractivity contribution in [2.24, 2.45) is 0 Å². The van der Waals surface area contributed by atoms with E-state index in [0.29, 0.717) is 37.0 Å². The highest BCUT2D eigenvalue weighted by atomic mass is 35.5. The zero-order valence-corrected chi connectivity index (χ0v) is 16.0. The van der Waals surface area contributed by atoms with Crippen LogP contribution in [-0.4, -0.2) is 48.5 Å². The predicted molar refractivity (Wildman–Crippen MR) is 105 cm³/mol. The van der Waals surface area contributed by atoms with Gasteiger partial charge in [-0.1, -0.05) is 41.4 Å². The van der Waals surface area contributed by atoms with Gasteiger partial charge in [0.2, 0.25) is 0 Å². The normalized spacial score (nSPS) is 15.8. The molecule has 1 fully saturated rings. The minimum absolute atomic E-state index is 0.0297. The van der Waals surface area contributed by atoms with E-state index < -0.39 is 0 Å². The third-order valence-corrected chi connectivity index (χ3v) is 4.98. The Balaban J connectivity index is 1.51. The van der Waals surface area contributed by atoms with Crippen molar-refractivity contribution in [1.29, 1.82) is 5.26 Å². The van der Waals surface area contributed by atoms with E-state index in [-0.39, 0.29) is 18.6 Å². The van der Waals surface area contributed by atoms with Gasteiger partial charge < -0.3 is 9.64 Å². The van der Waals surface area contributed by atoms with Gasteiger partial charge in [0, 0.05) is 31.2 Å². The number of piperazine rings is 1. The first-order valence-electron chi connectivity index (χ1n) is 8.93. The summed E-state index contributed by atoms with van der Waals surface area (Å²) < 4.78 is 5.58. The molecule has 0 radical (unpaired) electrons. The lowest BCUT2D eigenvalue weighted by Gasteiger charge is -2.37. The lowest BCUT2D eigenvalue weighted by molar-refractivity contribution is -0.135. The Morgan fingerprint density at radius 1 is 1.11 bits per heavy atom. The van der Waals surface area contributed by atoms with Crippen molar-refractivity contribution in [3.05, 3.63) is 64.7 Å². The quantitative estimate of drug-likeness (QED) is 0.793. The summed E-state index contributed by atoms with van der Waals surface area (Å²) in [4.78, 5) is 16.3. The molecule has 1 aliphatic rings. The topological polar surface area (TPSA) is 56.6 Å². The molecule has 6 heteroatoms. The van der Waals surface area contributed by atoms with Gasteiger partial charge in [-0.3, -0.25) is 9.69 Å². The van der Waals surface area contributed by atoms with Crippen LogP contribution in [0.5, 0.6) is 5.75 Å². The highest BCUT2D eigenvalue weighted by Gasteiger charge is 2.27. The second-order valence-electron chi connectivity index (χ2n) is 6.60. The van der Waals surface area contributed by atoms with Crippen LogP contribution in [0.3, 0.4) is 0 Å². The van der Waals surface area contributed by atoms with Crippen LogP contribution in [0.25, 0.3) is 0 Å². The zero-order valence-electron chi connectivity index (χ0n) is 15.3. The molecule has 5 nitrogen and oxygen atoms in total. The van der Waals surface area contributed by atoms with Crippen LogP contribution in [0.1, 0.15) is 17.2 Å². The summed E-state index contributed by atoms with van der Waals surface area (Å²) in [6.07, 6.45) is 0. The highest BCUT2D eigenvalue weighted by Crippen LogP contribution is 2.23. The number of rotatable bonds is 5. The molecule has 1 heterocycles. The molecule has 1 saturated heterocycles. The summed E-state index contributed by atoms with van der Waals surface area (Å²) in [7, 11) is 0. The number of aryl methyl sites for hydroxylation is 1. The highest BCUT2D eigenvalue weighted by molar-refractivity contribution is 6.30. The third-order valence-electron chi connectivity index (χ3n) is 4.72. The van der Waals surface area contributed by atoms with E-state index in [0.717, 1.165) is 11.1 Å². The summed E-state index contributed by atoms with van der Waals surface area (Å²) in [5.41, 5.74) is 2.07. The van der Waals surface area contributed by atoms with E-state index in [2.05, 4.69) is 11.0 Å². The molecule has 1 aliphatic heterocycles. The standard InChI is InChI=1S/C21H22ClN3O2/c1-16-2-8-19(9-3-16)27-15-21(26)25-12-10-24(11-13-25)20(14-23)17-4-6-18(22)7-5-17/h2-9,20H,10-13,15H2,1H3. The Kier molecular flexibility index (Phi) is 6.33. The smallest absolute Gasteiger partial charge is 0.260 e. The van der Waals surface area contributed by atoms with Gasteiger partial charge in [0.05, 0.1) is 6.07 Å². The van der Waals surface area contributed by atoms with Gasteiger partial charge in [0.15, 0.2) is 6.61 Å². The van der Waals surface area contributed by atoms with E-state index >= 15 is 0 Å². The molecule has 1 unspecified atom stereocenters. The maximum Gasteiger partial charge on any atom is 0.260 e. The summed E-state index contributed by atoms with van der Waals surface area (Å²) in [5.74, 6) is 0.662. The van der Waals surface area contributed by atoms with E-state index in [1.807, 2.05) is 43.3 Å². The average molecular weight is 384 g/mol. The van der Waals surface area contributed by atoms with Gasteiger partial charge in [-0.2, -0.15) is 5.26 Å². The van der Waals surface area contributed by atoms with E-state index in [9.17, 15) is 10.1 Å². The molecule has 140 valence electrons. The van der Waals surface area contributed by atoms with Crippen molar-refractivity contribution in [3.8, 4) is 11.8 Å². The van der Waals surface area contributed by atoms with Crippen molar-refractivity contribution in [1.82, 2.24) is 9.80 Å². The summed E-state index contributed by atoms with van der Waals surface area (Å²) in [5, 5.41) is 10.2. The second kappa shape index (κ2) is 8.90. The van der Waals surface area contributed by atoms with Gasteiger partial charge in [-0.25, -0.2) is 0 Å². The molecule has 3 rings (SSSR count). The Morgan fingerprint density at radius 3 is 2.33 bits per heavy atom. The maximum absolute atomic E-state index is 12.4. The molecule has 0 bridgehead atoms.